The molecule has 1 rings (SSSR count). The smallest absolute Gasteiger partial charge is 0.337 e. The predicted molar refractivity (Wildman–Crippen MR) is 74.5 cm³/mol. The fourth-order valence-corrected chi connectivity index (χ4v) is 1.63. The third kappa shape index (κ3) is 5.27. The second-order valence-corrected chi connectivity index (χ2v) is 4.37. The zero-order valence-electron chi connectivity index (χ0n) is 11.9. The van der Waals surface area contributed by atoms with Gasteiger partial charge < -0.3 is 20.1 Å². The Kier molecular flexibility index (Phi) is 6.52. The summed E-state index contributed by atoms with van der Waals surface area (Å²) in [4.78, 5) is 22.8. The van der Waals surface area contributed by atoms with E-state index in [2.05, 4.69) is 15.4 Å². The summed E-state index contributed by atoms with van der Waals surface area (Å²) in [6.07, 6.45) is 0. The zero-order valence-corrected chi connectivity index (χ0v) is 11.9. The summed E-state index contributed by atoms with van der Waals surface area (Å²) in [6.45, 7) is 2.70. The van der Waals surface area contributed by atoms with Crippen LogP contribution in [0.25, 0.3) is 0 Å². The van der Waals surface area contributed by atoms with Gasteiger partial charge in [-0.2, -0.15) is 0 Å². The Morgan fingerprint density at radius 3 is 2.40 bits per heavy atom. The SMILES string of the molecule is COCC(C)NC(=O)NCc1ccc(C(=O)OC)cc1. The summed E-state index contributed by atoms with van der Waals surface area (Å²) < 4.78 is 9.54. The molecule has 20 heavy (non-hydrogen) atoms. The van der Waals surface area contributed by atoms with Crippen LogP contribution in [-0.4, -0.2) is 38.9 Å². The van der Waals surface area contributed by atoms with E-state index in [0.29, 0.717) is 18.7 Å². The molecule has 0 aromatic heterocycles. The van der Waals surface area contributed by atoms with Crippen LogP contribution in [0.2, 0.25) is 0 Å². The maximum Gasteiger partial charge on any atom is 0.337 e. The number of urea groups is 1. The predicted octanol–water partition coefficient (Wildman–Crippen LogP) is 1.31. The molecule has 110 valence electrons. The van der Waals surface area contributed by atoms with Crippen LogP contribution < -0.4 is 10.6 Å². The van der Waals surface area contributed by atoms with E-state index in [1.165, 1.54) is 7.11 Å². The van der Waals surface area contributed by atoms with E-state index in [-0.39, 0.29) is 18.0 Å². The average Bonchev–Trinajstić information content (AvgIpc) is 2.45. The summed E-state index contributed by atoms with van der Waals surface area (Å²) in [7, 11) is 2.92. The minimum Gasteiger partial charge on any atom is -0.465 e. The molecule has 0 spiro atoms. The number of methoxy groups -OCH3 is 2. The van der Waals surface area contributed by atoms with E-state index in [4.69, 9.17) is 4.74 Å². The summed E-state index contributed by atoms with van der Waals surface area (Å²) in [5.41, 5.74) is 1.38. The van der Waals surface area contributed by atoms with Crippen LogP contribution in [0.3, 0.4) is 0 Å². The van der Waals surface area contributed by atoms with E-state index in [1.54, 1.807) is 31.4 Å². The fraction of sp³-hybridized carbons (Fsp3) is 0.429. The molecule has 1 aromatic carbocycles. The lowest BCUT2D eigenvalue weighted by Crippen LogP contribution is -2.42. The first kappa shape index (κ1) is 16.0. The van der Waals surface area contributed by atoms with Crippen molar-refractivity contribution in [1.29, 1.82) is 0 Å². The van der Waals surface area contributed by atoms with Gasteiger partial charge in [-0.05, 0) is 24.6 Å². The first-order chi connectivity index (χ1) is 9.56. The fourth-order valence-electron chi connectivity index (χ4n) is 1.63. The van der Waals surface area contributed by atoms with Gasteiger partial charge in [0.05, 0.1) is 25.3 Å². The van der Waals surface area contributed by atoms with Gasteiger partial charge in [-0.3, -0.25) is 0 Å². The summed E-state index contributed by atoms with van der Waals surface area (Å²) in [5.74, 6) is -0.379. The van der Waals surface area contributed by atoms with Crippen molar-refractivity contribution in [2.24, 2.45) is 0 Å². The molecule has 0 radical (unpaired) electrons. The molecule has 0 bridgehead atoms. The van der Waals surface area contributed by atoms with Crippen LogP contribution in [-0.2, 0) is 16.0 Å². The second kappa shape index (κ2) is 8.16. The van der Waals surface area contributed by atoms with Crippen LogP contribution >= 0.6 is 0 Å². The lowest BCUT2D eigenvalue weighted by molar-refractivity contribution is 0.0600. The van der Waals surface area contributed by atoms with E-state index in [0.717, 1.165) is 5.56 Å². The van der Waals surface area contributed by atoms with Crippen LogP contribution in [0.4, 0.5) is 4.79 Å². The largest absolute Gasteiger partial charge is 0.465 e. The Morgan fingerprint density at radius 2 is 1.85 bits per heavy atom. The van der Waals surface area contributed by atoms with Gasteiger partial charge in [0.2, 0.25) is 0 Å². The molecule has 6 nitrogen and oxygen atoms in total. The Labute approximate surface area is 118 Å². The molecular formula is C14H20N2O4. The molecule has 0 aliphatic rings. The summed E-state index contributed by atoms with van der Waals surface area (Å²) in [6, 6.07) is 6.55. The maximum atomic E-state index is 11.6. The van der Waals surface area contributed by atoms with Crippen molar-refractivity contribution in [3.8, 4) is 0 Å². The average molecular weight is 280 g/mol. The summed E-state index contributed by atoms with van der Waals surface area (Å²) >= 11 is 0. The molecule has 1 unspecified atom stereocenters. The number of hydrogen-bond acceptors (Lipinski definition) is 4. The molecule has 2 N–H and O–H groups in total. The van der Waals surface area contributed by atoms with Gasteiger partial charge >= 0.3 is 12.0 Å². The Hall–Kier alpha value is -2.08. The van der Waals surface area contributed by atoms with Crippen LogP contribution in [0.5, 0.6) is 0 Å². The second-order valence-electron chi connectivity index (χ2n) is 4.37. The Morgan fingerprint density at radius 1 is 1.20 bits per heavy atom. The van der Waals surface area contributed by atoms with Gasteiger partial charge in [0, 0.05) is 13.7 Å². The molecule has 2 amide bonds. The molecule has 0 fully saturated rings. The molecule has 0 aliphatic carbocycles. The highest BCUT2D eigenvalue weighted by atomic mass is 16.5. The van der Waals surface area contributed by atoms with Crippen molar-refractivity contribution in [2.75, 3.05) is 20.8 Å². The molecule has 1 aromatic rings. The number of amides is 2. The van der Waals surface area contributed by atoms with Crippen molar-refractivity contribution in [2.45, 2.75) is 19.5 Å². The van der Waals surface area contributed by atoms with Crippen LogP contribution in [0, 0.1) is 0 Å². The van der Waals surface area contributed by atoms with Crippen LogP contribution in [0.15, 0.2) is 24.3 Å². The highest BCUT2D eigenvalue weighted by Gasteiger charge is 2.07. The van der Waals surface area contributed by atoms with Crippen LogP contribution in [0.1, 0.15) is 22.8 Å². The van der Waals surface area contributed by atoms with Crippen molar-refractivity contribution in [3.05, 3.63) is 35.4 Å². The van der Waals surface area contributed by atoms with E-state index in [9.17, 15) is 9.59 Å². The van der Waals surface area contributed by atoms with Gasteiger partial charge in [-0.15, -0.1) is 0 Å². The first-order valence-electron chi connectivity index (χ1n) is 6.27. The zero-order chi connectivity index (χ0) is 15.0. The molecule has 1 atom stereocenters. The quantitative estimate of drug-likeness (QED) is 0.770. The van der Waals surface area contributed by atoms with Gasteiger partial charge in [0.15, 0.2) is 0 Å². The number of ether oxygens (including phenoxy) is 2. The van der Waals surface area contributed by atoms with Crippen molar-refractivity contribution in [1.82, 2.24) is 10.6 Å². The standard InChI is InChI=1S/C14H20N2O4/c1-10(9-19-2)16-14(18)15-8-11-4-6-12(7-5-11)13(17)20-3/h4-7,10H,8-9H2,1-3H3,(H2,15,16,18). The molecular weight excluding hydrogens is 260 g/mol. The van der Waals surface area contributed by atoms with Gasteiger partial charge in [-0.25, -0.2) is 9.59 Å². The number of esters is 1. The molecule has 0 saturated carbocycles. The van der Waals surface area contributed by atoms with Gasteiger partial charge in [-0.1, -0.05) is 12.1 Å². The third-order valence-electron chi connectivity index (χ3n) is 2.62. The Balaban J connectivity index is 2.42. The third-order valence-corrected chi connectivity index (χ3v) is 2.62. The lowest BCUT2D eigenvalue weighted by atomic mass is 10.1. The van der Waals surface area contributed by atoms with E-state index in [1.807, 2.05) is 6.92 Å². The minimum atomic E-state index is -0.379. The molecule has 0 saturated heterocycles. The number of carbonyl (C=O) groups excluding carboxylic acids is 2. The van der Waals surface area contributed by atoms with Crippen molar-refractivity contribution in [3.63, 3.8) is 0 Å². The van der Waals surface area contributed by atoms with Crippen molar-refractivity contribution >= 4 is 12.0 Å². The first-order valence-corrected chi connectivity index (χ1v) is 6.27. The topological polar surface area (TPSA) is 76.7 Å². The monoisotopic (exact) mass is 280 g/mol. The van der Waals surface area contributed by atoms with E-state index >= 15 is 0 Å². The van der Waals surface area contributed by atoms with E-state index < -0.39 is 0 Å². The molecule has 6 heteroatoms. The lowest BCUT2D eigenvalue weighted by Gasteiger charge is -2.13. The molecule has 0 heterocycles. The summed E-state index contributed by atoms with van der Waals surface area (Å²) in [5, 5.41) is 5.47. The normalized spacial score (nSPS) is 11.6. The number of hydrogen-bond donors (Lipinski definition) is 2. The Bertz CT molecular complexity index is 445. The number of benzene rings is 1. The van der Waals surface area contributed by atoms with Gasteiger partial charge in [0.25, 0.3) is 0 Å². The molecule has 0 aliphatic heterocycles. The number of rotatable bonds is 6. The van der Waals surface area contributed by atoms with Crippen molar-refractivity contribution < 1.29 is 19.1 Å². The maximum absolute atomic E-state index is 11.6. The highest BCUT2D eigenvalue weighted by Crippen LogP contribution is 2.05. The van der Waals surface area contributed by atoms with Gasteiger partial charge in [0.1, 0.15) is 0 Å². The number of nitrogens with one attached hydrogen (secondary N) is 2. The minimum absolute atomic E-state index is 0.0540. The highest BCUT2D eigenvalue weighted by molar-refractivity contribution is 5.89. The number of carbonyl (C=O) groups is 2.